The number of carboxylic acids is 1. The van der Waals surface area contributed by atoms with Gasteiger partial charge in [-0.1, -0.05) is 44.2 Å². The summed E-state index contributed by atoms with van der Waals surface area (Å²) in [4.78, 5) is 22.7. The van der Waals surface area contributed by atoms with Crippen molar-refractivity contribution < 1.29 is 29.6 Å². The van der Waals surface area contributed by atoms with E-state index >= 15 is 0 Å². The fourth-order valence-electron chi connectivity index (χ4n) is 3.18. The molecule has 1 aliphatic carbocycles. The first-order chi connectivity index (χ1) is 11.5. The van der Waals surface area contributed by atoms with Crippen LogP contribution < -0.4 is 11.1 Å². The van der Waals surface area contributed by atoms with Crippen LogP contribution in [0.25, 0.3) is 0 Å². The van der Waals surface area contributed by atoms with Gasteiger partial charge in [0.25, 0.3) is 0 Å². The molecule has 0 heterocycles. The van der Waals surface area contributed by atoms with Crippen molar-refractivity contribution in [1.29, 1.82) is 0 Å². The molecule has 0 aliphatic heterocycles. The SMILES string of the molecule is CC1(C)[C@](O)(C[C@H](N)C(=O)O)[C@]1(O)CNC(=O)OCc1ccccc1. The lowest BCUT2D eigenvalue weighted by Gasteiger charge is -2.18. The molecule has 0 spiro atoms. The Morgan fingerprint density at radius 2 is 1.80 bits per heavy atom. The summed E-state index contributed by atoms with van der Waals surface area (Å²) in [6.45, 7) is 2.95. The van der Waals surface area contributed by atoms with E-state index in [1.165, 1.54) is 0 Å². The quantitative estimate of drug-likeness (QED) is 0.472. The number of aliphatic carboxylic acids is 1. The average Bonchev–Trinajstić information content (AvgIpc) is 2.90. The number of alkyl carbamates (subject to hydrolysis) is 1. The first-order valence-electron chi connectivity index (χ1n) is 7.93. The minimum absolute atomic E-state index is 0.0721. The lowest BCUT2D eigenvalue weighted by atomic mass is 10.0. The molecule has 0 radical (unpaired) electrons. The van der Waals surface area contributed by atoms with Crippen molar-refractivity contribution >= 4 is 12.1 Å². The molecule has 1 aliphatic rings. The van der Waals surface area contributed by atoms with Gasteiger partial charge in [-0.05, 0) is 5.56 Å². The maximum atomic E-state index is 11.8. The molecule has 1 aromatic rings. The van der Waals surface area contributed by atoms with Gasteiger partial charge in [0.05, 0.1) is 6.54 Å². The van der Waals surface area contributed by atoms with Gasteiger partial charge in [-0.3, -0.25) is 4.79 Å². The zero-order valence-corrected chi connectivity index (χ0v) is 14.2. The predicted molar refractivity (Wildman–Crippen MR) is 88.5 cm³/mol. The van der Waals surface area contributed by atoms with E-state index in [-0.39, 0.29) is 19.6 Å². The van der Waals surface area contributed by atoms with E-state index < -0.39 is 34.7 Å². The van der Waals surface area contributed by atoms with E-state index in [4.69, 9.17) is 15.6 Å². The molecule has 8 nitrogen and oxygen atoms in total. The van der Waals surface area contributed by atoms with Crippen LogP contribution in [0.4, 0.5) is 4.79 Å². The number of hydrogen-bond acceptors (Lipinski definition) is 6. The van der Waals surface area contributed by atoms with Gasteiger partial charge in [0.15, 0.2) is 0 Å². The number of amides is 1. The average molecular weight is 352 g/mol. The van der Waals surface area contributed by atoms with Crippen LogP contribution in [0.2, 0.25) is 0 Å². The summed E-state index contributed by atoms with van der Waals surface area (Å²) in [6, 6.07) is 7.77. The van der Waals surface area contributed by atoms with Crippen LogP contribution in [0.5, 0.6) is 0 Å². The van der Waals surface area contributed by atoms with Crippen molar-refractivity contribution in [3.05, 3.63) is 35.9 Å². The summed E-state index contributed by atoms with van der Waals surface area (Å²) < 4.78 is 5.05. The number of hydrogen-bond donors (Lipinski definition) is 5. The van der Waals surface area contributed by atoms with Gasteiger partial charge < -0.3 is 31.1 Å². The highest BCUT2D eigenvalue weighted by atomic mass is 16.5. The number of benzene rings is 1. The van der Waals surface area contributed by atoms with Gasteiger partial charge >= 0.3 is 12.1 Å². The second-order valence-electron chi connectivity index (χ2n) is 6.91. The normalized spacial score (nSPS) is 28.0. The summed E-state index contributed by atoms with van der Waals surface area (Å²) in [6.07, 6.45) is -1.07. The molecule has 1 aromatic carbocycles. The zero-order chi connectivity index (χ0) is 18.9. The molecule has 8 heteroatoms. The molecular formula is C17H24N2O6. The van der Waals surface area contributed by atoms with E-state index in [0.717, 1.165) is 5.56 Å². The smallest absolute Gasteiger partial charge is 0.407 e. The van der Waals surface area contributed by atoms with Gasteiger partial charge in [-0.25, -0.2) is 4.79 Å². The largest absolute Gasteiger partial charge is 0.480 e. The maximum absolute atomic E-state index is 11.8. The molecule has 6 N–H and O–H groups in total. The van der Waals surface area contributed by atoms with Crippen LogP contribution in [-0.2, 0) is 16.1 Å². The molecule has 0 bridgehead atoms. The number of carbonyl (C=O) groups excluding carboxylic acids is 1. The summed E-state index contributed by atoms with van der Waals surface area (Å²) >= 11 is 0. The van der Waals surface area contributed by atoms with Crippen molar-refractivity contribution in [1.82, 2.24) is 5.32 Å². The third-order valence-electron chi connectivity index (χ3n) is 5.22. The molecule has 0 unspecified atom stereocenters. The van der Waals surface area contributed by atoms with E-state index in [1.54, 1.807) is 26.0 Å². The summed E-state index contributed by atoms with van der Waals surface area (Å²) in [5.41, 5.74) is 1.84. The second kappa shape index (κ2) is 6.62. The highest BCUT2D eigenvalue weighted by molar-refractivity contribution is 5.73. The Balaban J connectivity index is 1.90. The predicted octanol–water partition coefficient (Wildman–Crippen LogP) is 0.217. The molecule has 1 fully saturated rings. The van der Waals surface area contributed by atoms with Crippen molar-refractivity contribution in [3.8, 4) is 0 Å². The first kappa shape index (κ1) is 19.2. The van der Waals surface area contributed by atoms with Crippen molar-refractivity contribution in [3.63, 3.8) is 0 Å². The molecule has 2 rings (SSSR count). The van der Waals surface area contributed by atoms with Crippen molar-refractivity contribution in [2.24, 2.45) is 11.1 Å². The second-order valence-corrected chi connectivity index (χ2v) is 6.91. The molecule has 3 atom stereocenters. The zero-order valence-electron chi connectivity index (χ0n) is 14.2. The Labute approximate surface area is 145 Å². The minimum atomic E-state index is -1.72. The van der Waals surface area contributed by atoms with Gasteiger partial charge in [0.1, 0.15) is 23.9 Å². The summed E-state index contributed by atoms with van der Waals surface area (Å²) in [5.74, 6) is -1.27. The standard InChI is InChI=1S/C17H24N2O6/c1-15(2)16(23,8-12(18)13(20)21)17(15,24)10-19-14(22)25-9-11-6-4-3-5-7-11/h3-7,12,23-24H,8-10,18H2,1-2H3,(H,19,22)(H,20,21)/t12-,16+,17-/m0/s1. The fourth-order valence-corrected chi connectivity index (χ4v) is 3.18. The number of carboxylic acid groups (broad SMARTS) is 1. The topological polar surface area (TPSA) is 142 Å². The highest BCUT2D eigenvalue weighted by Crippen LogP contribution is 2.66. The number of nitrogens with two attached hydrogens (primary N) is 1. The monoisotopic (exact) mass is 352 g/mol. The molecule has 0 aromatic heterocycles. The van der Waals surface area contributed by atoms with Crippen LogP contribution in [0.1, 0.15) is 25.8 Å². The number of carbonyl (C=O) groups is 2. The lowest BCUT2D eigenvalue weighted by Crippen LogP contribution is -2.43. The molecule has 1 amide bonds. The fraction of sp³-hybridized carbons (Fsp3) is 0.529. The number of rotatable bonds is 7. The van der Waals surface area contributed by atoms with Gasteiger partial charge in [0, 0.05) is 11.8 Å². The molecule has 1 saturated carbocycles. The van der Waals surface area contributed by atoms with E-state index in [2.05, 4.69) is 5.32 Å². The van der Waals surface area contributed by atoms with Crippen molar-refractivity contribution in [2.75, 3.05) is 6.54 Å². The number of ether oxygens (including phenoxy) is 1. The highest BCUT2D eigenvalue weighted by Gasteiger charge is 2.82. The van der Waals surface area contributed by atoms with E-state index in [9.17, 15) is 19.8 Å². The van der Waals surface area contributed by atoms with Crippen molar-refractivity contribution in [2.45, 2.75) is 44.1 Å². The van der Waals surface area contributed by atoms with Crippen LogP contribution in [-0.4, -0.2) is 51.2 Å². The third kappa shape index (κ3) is 3.33. The van der Waals surface area contributed by atoms with Gasteiger partial charge in [0.2, 0.25) is 0 Å². The Morgan fingerprint density at radius 1 is 1.20 bits per heavy atom. The molecule has 138 valence electrons. The van der Waals surface area contributed by atoms with Crippen LogP contribution in [0, 0.1) is 5.41 Å². The maximum Gasteiger partial charge on any atom is 0.407 e. The van der Waals surface area contributed by atoms with Gasteiger partial charge in [-0.15, -0.1) is 0 Å². The summed E-state index contributed by atoms with van der Waals surface area (Å²) in [5, 5.41) is 32.6. The first-order valence-corrected chi connectivity index (χ1v) is 7.93. The molecule has 25 heavy (non-hydrogen) atoms. The Kier molecular flexibility index (Phi) is 5.08. The molecular weight excluding hydrogens is 328 g/mol. The van der Waals surface area contributed by atoms with Crippen LogP contribution >= 0.6 is 0 Å². The third-order valence-corrected chi connectivity index (χ3v) is 5.22. The number of nitrogens with one attached hydrogen (secondary N) is 1. The Bertz CT molecular complexity index is 650. The Hall–Kier alpha value is -2.16. The molecule has 0 saturated heterocycles. The van der Waals surface area contributed by atoms with Gasteiger partial charge in [-0.2, -0.15) is 0 Å². The minimum Gasteiger partial charge on any atom is -0.480 e. The lowest BCUT2D eigenvalue weighted by molar-refractivity contribution is -0.140. The van der Waals surface area contributed by atoms with E-state index in [0.29, 0.717) is 0 Å². The van der Waals surface area contributed by atoms with Crippen LogP contribution in [0.3, 0.4) is 0 Å². The van der Waals surface area contributed by atoms with E-state index in [1.807, 2.05) is 18.2 Å². The van der Waals surface area contributed by atoms with Crippen LogP contribution in [0.15, 0.2) is 30.3 Å². The summed E-state index contributed by atoms with van der Waals surface area (Å²) in [7, 11) is 0. The number of aliphatic hydroxyl groups is 2. The Morgan fingerprint density at radius 3 is 2.36 bits per heavy atom.